The van der Waals surface area contributed by atoms with Gasteiger partial charge in [0.15, 0.2) is 0 Å². The van der Waals surface area contributed by atoms with Gasteiger partial charge in [0, 0.05) is 28.7 Å². The zero-order valence-corrected chi connectivity index (χ0v) is 34.9. The van der Waals surface area contributed by atoms with Gasteiger partial charge in [-0.1, -0.05) is 139 Å². The maximum atomic E-state index is 7.01. The molecule has 1 aliphatic heterocycles. The molecule has 1 fully saturated rings. The summed E-state index contributed by atoms with van der Waals surface area (Å²) in [7, 11) is 1.63. The van der Waals surface area contributed by atoms with E-state index in [0.29, 0.717) is 42.9 Å². The van der Waals surface area contributed by atoms with Crippen LogP contribution in [0.3, 0.4) is 0 Å². The van der Waals surface area contributed by atoms with Gasteiger partial charge in [0.2, 0.25) is 12.2 Å². The average Bonchev–Trinajstić information content (AvgIpc) is 3.57. The molecule has 1 saturated heterocycles. The minimum Gasteiger partial charge on any atom is -0.497 e. The minimum atomic E-state index is -0.971. The van der Waals surface area contributed by atoms with Crippen LogP contribution in [-0.2, 0) is 56.5 Å². The lowest BCUT2D eigenvalue weighted by Gasteiger charge is -2.45. The molecular weight excluding hydrogens is 764 g/mol. The molecule has 0 bridgehead atoms. The van der Waals surface area contributed by atoms with Gasteiger partial charge in [-0.3, -0.25) is 4.68 Å². The van der Waals surface area contributed by atoms with Gasteiger partial charge in [-0.25, -0.2) is 0 Å². The normalized spacial score (nSPS) is 19.2. The summed E-state index contributed by atoms with van der Waals surface area (Å²) in [6, 6.07) is 46.1. The van der Waals surface area contributed by atoms with Crippen molar-refractivity contribution < 1.29 is 33.2 Å². The summed E-state index contributed by atoms with van der Waals surface area (Å²) in [6.45, 7) is 7.78. The Bertz CT molecular complexity index is 2170. The van der Waals surface area contributed by atoms with Crippen LogP contribution in [0.5, 0.6) is 11.6 Å². The van der Waals surface area contributed by atoms with Crippen LogP contribution in [0, 0.1) is 6.92 Å². The predicted octanol–water partition coefficient (Wildman–Crippen LogP) is 10.1. The molecule has 0 radical (unpaired) electrons. The number of aromatic nitrogens is 2. The van der Waals surface area contributed by atoms with Gasteiger partial charge in [0.05, 0.1) is 40.1 Å². The summed E-state index contributed by atoms with van der Waals surface area (Å²) in [5.74, 6) is 1.11. The highest BCUT2D eigenvalue weighted by Crippen LogP contribution is 2.36. The van der Waals surface area contributed by atoms with Crippen molar-refractivity contribution in [2.45, 2.75) is 90.4 Å². The molecule has 0 N–H and O–H groups in total. The van der Waals surface area contributed by atoms with Crippen LogP contribution in [0.1, 0.15) is 59.0 Å². The van der Waals surface area contributed by atoms with Crippen molar-refractivity contribution in [3.05, 3.63) is 184 Å². The summed E-state index contributed by atoms with van der Waals surface area (Å²) < 4.78 is 48.5. The molecule has 9 nitrogen and oxygen atoms in total. The molecule has 308 valence electrons. The van der Waals surface area contributed by atoms with E-state index in [9.17, 15) is 0 Å². The van der Waals surface area contributed by atoms with Crippen molar-refractivity contribution in [1.82, 2.24) is 9.78 Å². The second-order valence-electron chi connectivity index (χ2n) is 15.0. The fourth-order valence-corrected chi connectivity index (χ4v) is 7.51. The second-order valence-corrected chi connectivity index (χ2v) is 15.4. The molecule has 1 aromatic heterocycles. The molecule has 6 aromatic rings. The lowest BCUT2D eigenvalue weighted by molar-refractivity contribution is -0.310. The first-order valence-electron chi connectivity index (χ1n) is 20.2. The molecule has 0 aliphatic carbocycles. The Balaban J connectivity index is 1.27. The van der Waals surface area contributed by atoms with Gasteiger partial charge < -0.3 is 33.2 Å². The van der Waals surface area contributed by atoms with E-state index in [0.717, 1.165) is 39.1 Å². The maximum Gasteiger partial charge on any atom is 0.239 e. The van der Waals surface area contributed by atoms with Gasteiger partial charge >= 0.3 is 0 Å². The number of hydrogen-bond donors (Lipinski definition) is 0. The topological polar surface area (TPSA) is 82.4 Å². The fraction of sp³-hybridized carbons (Fsp3) is 0.327. The SMILES string of the molecule is COc1ccc(Cc2c(OC3O[C@H](COCc4ccccc4)[C@@H](OCc4ccccc4)[C@H](OCc4ccccc4)[C@H]3OCc3ccccc3)nn(C(C)C)c2C)c(Cl)c1. The van der Waals surface area contributed by atoms with Crippen molar-refractivity contribution in [3.63, 3.8) is 0 Å². The molecule has 0 saturated carbocycles. The fourth-order valence-electron chi connectivity index (χ4n) is 7.27. The molecule has 1 aliphatic rings. The van der Waals surface area contributed by atoms with Crippen molar-refractivity contribution in [2.24, 2.45) is 0 Å². The standard InChI is InChI=1S/C49H53ClN2O7/c1-34(2)52-35(3)42(27-40-25-26-41(53-4)28-43(40)50)48(51-52)59-49-47(57-32-39-23-15-8-16-24-39)46(56-31-38-21-13-7-14-22-38)45(55-30-37-19-11-6-12-20-37)44(58-49)33-54-29-36-17-9-5-10-18-36/h5-26,28,34,44-47,49H,27,29-33H2,1-4H3/t44-,45-,46+,47-,49?/m1/s1. The molecule has 2 heterocycles. The first-order chi connectivity index (χ1) is 28.9. The Morgan fingerprint density at radius 1 is 0.661 bits per heavy atom. The van der Waals surface area contributed by atoms with E-state index < -0.39 is 30.7 Å². The molecule has 59 heavy (non-hydrogen) atoms. The van der Waals surface area contributed by atoms with E-state index in [2.05, 4.69) is 20.8 Å². The molecule has 1 unspecified atom stereocenters. The van der Waals surface area contributed by atoms with Crippen molar-refractivity contribution in [2.75, 3.05) is 13.7 Å². The Morgan fingerprint density at radius 3 is 1.68 bits per heavy atom. The summed E-state index contributed by atoms with van der Waals surface area (Å²) in [5, 5.41) is 5.64. The average molecular weight is 817 g/mol. The third-order valence-electron chi connectivity index (χ3n) is 10.4. The van der Waals surface area contributed by atoms with Crippen LogP contribution >= 0.6 is 11.6 Å². The first kappa shape index (κ1) is 42.1. The summed E-state index contributed by atoms with van der Waals surface area (Å²) >= 11 is 6.82. The highest BCUT2D eigenvalue weighted by molar-refractivity contribution is 6.31. The summed E-state index contributed by atoms with van der Waals surface area (Å²) in [4.78, 5) is 0. The first-order valence-corrected chi connectivity index (χ1v) is 20.5. The van der Waals surface area contributed by atoms with E-state index in [1.54, 1.807) is 7.11 Å². The van der Waals surface area contributed by atoms with E-state index in [1.165, 1.54) is 0 Å². The van der Waals surface area contributed by atoms with Crippen molar-refractivity contribution in [3.8, 4) is 11.6 Å². The zero-order valence-electron chi connectivity index (χ0n) is 34.1. The molecule has 5 atom stereocenters. The maximum absolute atomic E-state index is 7.01. The Labute approximate surface area is 352 Å². The molecular formula is C49H53ClN2O7. The van der Waals surface area contributed by atoms with Gasteiger partial charge in [-0.05, 0) is 60.7 Å². The molecule has 7 rings (SSSR count). The van der Waals surface area contributed by atoms with E-state index in [-0.39, 0.29) is 19.3 Å². The van der Waals surface area contributed by atoms with Gasteiger partial charge in [-0.2, -0.15) is 0 Å². The Morgan fingerprint density at radius 2 is 1.17 bits per heavy atom. The second kappa shape index (κ2) is 20.8. The van der Waals surface area contributed by atoms with Crippen LogP contribution in [-0.4, -0.2) is 54.2 Å². The minimum absolute atomic E-state index is 0.0618. The lowest BCUT2D eigenvalue weighted by Crippen LogP contribution is -2.62. The van der Waals surface area contributed by atoms with Crippen LogP contribution in [0.25, 0.3) is 0 Å². The number of methoxy groups -OCH3 is 1. The number of hydrogen-bond acceptors (Lipinski definition) is 8. The van der Waals surface area contributed by atoms with Crippen LogP contribution in [0.2, 0.25) is 5.02 Å². The highest BCUT2D eigenvalue weighted by Gasteiger charge is 2.50. The monoisotopic (exact) mass is 816 g/mol. The molecule has 0 amide bonds. The quantitative estimate of drug-likeness (QED) is 0.0800. The van der Waals surface area contributed by atoms with E-state index in [4.69, 9.17) is 49.9 Å². The Kier molecular flexibility index (Phi) is 14.9. The van der Waals surface area contributed by atoms with Crippen LogP contribution in [0.15, 0.2) is 140 Å². The molecule has 5 aromatic carbocycles. The van der Waals surface area contributed by atoms with Gasteiger partial charge in [0.25, 0.3) is 0 Å². The number of rotatable bonds is 19. The summed E-state index contributed by atoms with van der Waals surface area (Å²) in [5.41, 5.74) is 6.85. The Hall–Kier alpha value is -5.00. The smallest absolute Gasteiger partial charge is 0.239 e. The van der Waals surface area contributed by atoms with E-state index >= 15 is 0 Å². The third-order valence-corrected chi connectivity index (χ3v) is 10.8. The number of benzene rings is 5. The molecule has 0 spiro atoms. The number of halogens is 1. The van der Waals surface area contributed by atoms with Crippen LogP contribution < -0.4 is 9.47 Å². The summed E-state index contributed by atoms with van der Waals surface area (Å²) in [6.07, 6.45) is -3.13. The number of ether oxygens (including phenoxy) is 7. The van der Waals surface area contributed by atoms with Gasteiger partial charge in [0.1, 0.15) is 30.2 Å². The van der Waals surface area contributed by atoms with E-state index in [1.807, 2.05) is 144 Å². The van der Waals surface area contributed by atoms with Crippen LogP contribution in [0.4, 0.5) is 0 Å². The zero-order chi connectivity index (χ0) is 41.0. The van der Waals surface area contributed by atoms with Crippen molar-refractivity contribution in [1.29, 1.82) is 0 Å². The highest BCUT2D eigenvalue weighted by atomic mass is 35.5. The lowest BCUT2D eigenvalue weighted by atomic mass is 9.97. The number of nitrogens with zero attached hydrogens (tertiary/aromatic N) is 2. The molecule has 10 heteroatoms. The van der Waals surface area contributed by atoms with Crippen molar-refractivity contribution >= 4 is 11.6 Å². The predicted molar refractivity (Wildman–Crippen MR) is 229 cm³/mol. The van der Waals surface area contributed by atoms with Gasteiger partial charge in [-0.15, -0.1) is 5.10 Å². The largest absolute Gasteiger partial charge is 0.497 e. The third kappa shape index (κ3) is 11.2.